The maximum atomic E-state index is 12.7. The van der Waals surface area contributed by atoms with E-state index >= 15 is 0 Å². The molecule has 1 aromatic carbocycles. The Bertz CT molecular complexity index is 684. The molecule has 0 heterocycles. The molecule has 0 spiro atoms. The predicted molar refractivity (Wildman–Crippen MR) is 116 cm³/mol. The van der Waals surface area contributed by atoms with E-state index in [0.717, 1.165) is 24.9 Å². The number of ether oxygens (including phenoxy) is 1. The van der Waals surface area contributed by atoms with E-state index in [4.69, 9.17) is 4.74 Å². The average Bonchev–Trinajstić information content (AvgIpc) is 3.47. The number of unbranched alkanes of at least 4 members (excludes halogenated alkanes) is 1. The van der Waals surface area contributed by atoms with Crippen molar-refractivity contribution in [3.05, 3.63) is 35.9 Å². The molecule has 2 rings (SSSR count). The Morgan fingerprint density at radius 2 is 1.93 bits per heavy atom. The molecule has 1 unspecified atom stereocenters. The maximum absolute atomic E-state index is 12.7. The van der Waals surface area contributed by atoms with Crippen molar-refractivity contribution in [3.63, 3.8) is 0 Å². The Labute approximate surface area is 176 Å². The van der Waals surface area contributed by atoms with Gasteiger partial charge in [-0.15, -0.1) is 0 Å². The molecule has 0 saturated heterocycles. The molecule has 1 aromatic rings. The van der Waals surface area contributed by atoms with Crippen LogP contribution in [0.5, 0.6) is 0 Å². The highest BCUT2D eigenvalue weighted by Gasteiger charge is 2.25. The SMILES string of the molecule is CCCCN(C#CC1CC1)CC(O)CN(Cc1ccccc1)C(=O)OC(C)(C)C. The molecule has 5 nitrogen and oxygen atoms in total. The molecular weight excluding hydrogens is 364 g/mol. The second-order valence-corrected chi connectivity index (χ2v) is 8.83. The van der Waals surface area contributed by atoms with Crippen LogP contribution in [0.1, 0.15) is 58.9 Å². The first-order chi connectivity index (χ1) is 13.8. The van der Waals surface area contributed by atoms with Crippen molar-refractivity contribution in [1.29, 1.82) is 0 Å². The lowest BCUT2D eigenvalue weighted by atomic mass is 10.2. The number of hydrogen-bond donors (Lipinski definition) is 1. The molecule has 1 amide bonds. The van der Waals surface area contributed by atoms with Crippen molar-refractivity contribution in [2.24, 2.45) is 5.92 Å². The lowest BCUT2D eigenvalue weighted by molar-refractivity contribution is 0.0103. The highest BCUT2D eigenvalue weighted by Crippen LogP contribution is 2.27. The van der Waals surface area contributed by atoms with Crippen molar-refractivity contribution >= 4 is 6.09 Å². The number of benzene rings is 1. The minimum atomic E-state index is -0.698. The summed E-state index contributed by atoms with van der Waals surface area (Å²) in [6, 6.07) is 13.0. The highest BCUT2D eigenvalue weighted by molar-refractivity contribution is 5.68. The minimum Gasteiger partial charge on any atom is -0.444 e. The molecule has 0 bridgehead atoms. The van der Waals surface area contributed by atoms with Gasteiger partial charge >= 0.3 is 6.09 Å². The van der Waals surface area contributed by atoms with Gasteiger partial charge in [0.25, 0.3) is 0 Å². The zero-order valence-corrected chi connectivity index (χ0v) is 18.4. The molecular formula is C24H36N2O3. The van der Waals surface area contributed by atoms with E-state index in [0.29, 0.717) is 19.0 Å². The van der Waals surface area contributed by atoms with Gasteiger partial charge in [-0.05, 0) is 45.6 Å². The normalized spacial score (nSPS) is 14.5. The second-order valence-electron chi connectivity index (χ2n) is 8.83. The summed E-state index contributed by atoms with van der Waals surface area (Å²) in [6.07, 6.45) is 3.37. The molecule has 0 aliphatic heterocycles. The monoisotopic (exact) mass is 400 g/mol. The summed E-state index contributed by atoms with van der Waals surface area (Å²) in [5, 5.41) is 10.7. The molecule has 1 atom stereocenters. The number of hydrogen-bond acceptors (Lipinski definition) is 4. The summed E-state index contributed by atoms with van der Waals surface area (Å²) >= 11 is 0. The molecule has 1 aliphatic carbocycles. The van der Waals surface area contributed by atoms with Gasteiger partial charge in [-0.2, -0.15) is 0 Å². The van der Waals surface area contributed by atoms with Crippen LogP contribution in [-0.2, 0) is 11.3 Å². The highest BCUT2D eigenvalue weighted by atomic mass is 16.6. The lowest BCUT2D eigenvalue weighted by Gasteiger charge is -2.30. The molecule has 5 heteroatoms. The van der Waals surface area contributed by atoms with E-state index in [-0.39, 0.29) is 6.54 Å². The van der Waals surface area contributed by atoms with Crippen LogP contribution in [0.3, 0.4) is 0 Å². The summed E-state index contributed by atoms with van der Waals surface area (Å²) < 4.78 is 5.56. The van der Waals surface area contributed by atoms with Gasteiger partial charge in [0.2, 0.25) is 0 Å². The van der Waals surface area contributed by atoms with Gasteiger partial charge in [0, 0.05) is 25.1 Å². The Morgan fingerprint density at radius 3 is 2.52 bits per heavy atom. The standard InChI is InChI=1S/C24H36N2O3/c1-5-6-15-25(16-14-20-12-13-20)18-22(27)19-26(23(28)29-24(2,3)4)17-21-10-8-7-9-11-21/h7-11,20,22,27H,5-6,12-13,15,17-19H2,1-4H3. The van der Waals surface area contributed by atoms with Crippen molar-refractivity contribution in [2.75, 3.05) is 19.6 Å². The Morgan fingerprint density at radius 1 is 1.24 bits per heavy atom. The molecule has 0 aromatic heterocycles. The predicted octanol–water partition coefficient (Wildman–Crippen LogP) is 4.26. The topological polar surface area (TPSA) is 53.0 Å². The van der Waals surface area contributed by atoms with Crippen molar-refractivity contribution in [3.8, 4) is 12.0 Å². The summed E-state index contributed by atoms with van der Waals surface area (Å²) in [5.74, 6) is 3.80. The number of carbonyl (C=O) groups is 1. The van der Waals surface area contributed by atoms with Crippen molar-refractivity contribution in [2.45, 2.75) is 71.6 Å². The zero-order valence-electron chi connectivity index (χ0n) is 18.4. The Kier molecular flexibility index (Phi) is 8.85. The number of aliphatic hydroxyl groups excluding tert-OH is 1. The minimum absolute atomic E-state index is 0.206. The number of amides is 1. The fraction of sp³-hybridized carbons (Fsp3) is 0.625. The number of aliphatic hydroxyl groups is 1. The fourth-order valence-electron chi connectivity index (χ4n) is 2.85. The van der Waals surface area contributed by atoms with Gasteiger partial charge in [-0.3, -0.25) is 0 Å². The van der Waals surface area contributed by atoms with E-state index in [2.05, 4.69) is 18.9 Å². The van der Waals surface area contributed by atoms with Crippen LogP contribution in [0.4, 0.5) is 4.79 Å². The van der Waals surface area contributed by atoms with E-state index in [1.807, 2.05) is 56.0 Å². The van der Waals surface area contributed by atoms with Crippen LogP contribution >= 0.6 is 0 Å². The molecule has 1 saturated carbocycles. The molecule has 0 radical (unpaired) electrons. The third kappa shape index (κ3) is 9.71. The van der Waals surface area contributed by atoms with Crippen LogP contribution < -0.4 is 0 Å². The second kappa shape index (κ2) is 11.1. The van der Waals surface area contributed by atoms with E-state index in [9.17, 15) is 9.90 Å². The Hall–Kier alpha value is -2.19. The van der Waals surface area contributed by atoms with Gasteiger partial charge in [-0.25, -0.2) is 4.79 Å². The first-order valence-electron chi connectivity index (χ1n) is 10.7. The molecule has 1 fully saturated rings. The van der Waals surface area contributed by atoms with E-state index in [1.165, 1.54) is 12.8 Å². The molecule has 1 N–H and O–H groups in total. The van der Waals surface area contributed by atoms with Crippen LogP contribution in [0.25, 0.3) is 0 Å². The molecule has 1 aliphatic rings. The van der Waals surface area contributed by atoms with Crippen molar-refractivity contribution < 1.29 is 14.6 Å². The smallest absolute Gasteiger partial charge is 0.410 e. The summed E-state index contributed by atoms with van der Waals surface area (Å²) in [7, 11) is 0. The first-order valence-corrected chi connectivity index (χ1v) is 10.7. The summed E-state index contributed by atoms with van der Waals surface area (Å²) in [5.41, 5.74) is 0.418. The average molecular weight is 401 g/mol. The fourth-order valence-corrected chi connectivity index (χ4v) is 2.85. The quantitative estimate of drug-likeness (QED) is 0.497. The molecule has 29 heavy (non-hydrogen) atoms. The van der Waals surface area contributed by atoms with Gasteiger partial charge in [0.05, 0.1) is 19.2 Å². The number of carbonyl (C=O) groups excluding carboxylic acids is 1. The van der Waals surface area contributed by atoms with Crippen LogP contribution in [0.15, 0.2) is 30.3 Å². The van der Waals surface area contributed by atoms with Crippen LogP contribution in [0.2, 0.25) is 0 Å². The van der Waals surface area contributed by atoms with E-state index < -0.39 is 17.8 Å². The zero-order chi connectivity index (χ0) is 21.3. The van der Waals surface area contributed by atoms with Gasteiger partial charge in [-0.1, -0.05) is 49.6 Å². The van der Waals surface area contributed by atoms with Gasteiger partial charge in [0.1, 0.15) is 5.60 Å². The van der Waals surface area contributed by atoms with Gasteiger partial charge < -0.3 is 19.6 Å². The van der Waals surface area contributed by atoms with Crippen LogP contribution in [0, 0.1) is 17.9 Å². The first kappa shape index (κ1) is 23.1. The third-order valence-corrected chi connectivity index (χ3v) is 4.52. The number of rotatable bonds is 9. The number of nitrogens with zero attached hydrogens (tertiary/aromatic N) is 2. The van der Waals surface area contributed by atoms with Crippen LogP contribution in [-0.4, -0.2) is 52.3 Å². The third-order valence-electron chi connectivity index (χ3n) is 4.52. The molecule has 160 valence electrons. The lowest BCUT2D eigenvalue weighted by Crippen LogP contribution is -2.43. The summed E-state index contributed by atoms with van der Waals surface area (Å²) in [6.45, 7) is 9.55. The van der Waals surface area contributed by atoms with Crippen molar-refractivity contribution in [1.82, 2.24) is 9.80 Å². The van der Waals surface area contributed by atoms with E-state index in [1.54, 1.807) is 4.90 Å². The maximum Gasteiger partial charge on any atom is 0.410 e. The largest absolute Gasteiger partial charge is 0.444 e. The summed E-state index contributed by atoms with van der Waals surface area (Å²) in [4.78, 5) is 16.3. The van der Waals surface area contributed by atoms with Gasteiger partial charge in [0.15, 0.2) is 0 Å². The Balaban J connectivity index is 2.02.